The number of aliphatic hydroxyl groups is 1. The van der Waals surface area contributed by atoms with E-state index in [0.717, 1.165) is 48.0 Å². The van der Waals surface area contributed by atoms with Crippen molar-refractivity contribution in [3.8, 4) is 0 Å². The maximum atomic E-state index is 12.8. The lowest BCUT2D eigenvalue weighted by Crippen LogP contribution is -2.28. The predicted octanol–water partition coefficient (Wildman–Crippen LogP) is 4.00. The van der Waals surface area contributed by atoms with E-state index in [0.29, 0.717) is 13.0 Å². The van der Waals surface area contributed by atoms with Gasteiger partial charge in [-0.05, 0) is 57.7 Å². The minimum Gasteiger partial charge on any atom is -0.443 e. The molecule has 1 aliphatic heterocycles. The van der Waals surface area contributed by atoms with Crippen molar-refractivity contribution in [3.63, 3.8) is 0 Å². The van der Waals surface area contributed by atoms with E-state index in [1.165, 1.54) is 0 Å². The number of rotatable bonds is 5. The second-order valence-corrected chi connectivity index (χ2v) is 7.92. The molecule has 6 heteroatoms. The topological polar surface area (TPSA) is 69.9 Å². The minimum absolute atomic E-state index is 0.0765. The smallest absolute Gasteiger partial charge is 0.419 e. The van der Waals surface area contributed by atoms with Crippen molar-refractivity contribution in [2.45, 2.75) is 65.0 Å². The van der Waals surface area contributed by atoms with Crippen LogP contribution in [0.15, 0.2) is 24.3 Å². The molecule has 1 aromatic heterocycles. The van der Waals surface area contributed by atoms with Gasteiger partial charge in [-0.3, -0.25) is 0 Å². The number of aliphatic hydroxyl groups excluding tert-OH is 1. The Morgan fingerprint density at radius 2 is 2.11 bits per heavy atom. The third kappa shape index (κ3) is 5.09. The van der Waals surface area contributed by atoms with Crippen molar-refractivity contribution in [3.05, 3.63) is 35.5 Å². The highest BCUT2D eigenvalue weighted by Gasteiger charge is 2.22. The summed E-state index contributed by atoms with van der Waals surface area (Å²) >= 11 is 0. The molecule has 1 fully saturated rings. The summed E-state index contributed by atoms with van der Waals surface area (Å²) in [7, 11) is 0. The Labute approximate surface area is 160 Å². The molecule has 2 aromatic rings. The lowest BCUT2D eigenvalue weighted by Gasteiger charge is -2.23. The second-order valence-electron chi connectivity index (χ2n) is 7.92. The first-order valence-corrected chi connectivity index (χ1v) is 9.58. The number of benzene rings is 1. The first-order chi connectivity index (χ1) is 12.9. The van der Waals surface area contributed by atoms with E-state index in [1.807, 2.05) is 45.0 Å². The van der Waals surface area contributed by atoms with Gasteiger partial charge in [0.25, 0.3) is 0 Å². The molecule has 0 bridgehead atoms. The minimum atomic E-state index is -0.591. The molecule has 1 saturated heterocycles. The molecular formula is C21H29NO5. The normalized spacial score (nSPS) is 18.0. The molecule has 148 valence electrons. The van der Waals surface area contributed by atoms with Gasteiger partial charge in [0.2, 0.25) is 0 Å². The molecule has 1 aromatic carbocycles. The number of hydrogen-bond acceptors (Lipinski definition) is 5. The highest BCUT2D eigenvalue weighted by Crippen LogP contribution is 2.24. The average molecular weight is 375 g/mol. The van der Waals surface area contributed by atoms with Gasteiger partial charge in [-0.15, -0.1) is 0 Å². The largest absolute Gasteiger partial charge is 0.443 e. The van der Waals surface area contributed by atoms with Gasteiger partial charge in [0.05, 0.1) is 18.7 Å². The fraction of sp³-hybridized carbons (Fsp3) is 0.571. The van der Waals surface area contributed by atoms with E-state index < -0.39 is 11.7 Å². The number of hydrogen-bond donors (Lipinski definition) is 1. The first-order valence-electron chi connectivity index (χ1n) is 9.58. The molecule has 2 heterocycles. The van der Waals surface area contributed by atoms with Crippen molar-refractivity contribution in [2.24, 2.45) is 0 Å². The van der Waals surface area contributed by atoms with E-state index in [1.54, 1.807) is 4.57 Å². The summed E-state index contributed by atoms with van der Waals surface area (Å²) in [5, 5.41) is 10.4. The van der Waals surface area contributed by atoms with Crippen LogP contribution in [-0.2, 0) is 27.2 Å². The van der Waals surface area contributed by atoms with Crippen LogP contribution in [0, 0.1) is 0 Å². The molecule has 1 atom stereocenters. The highest BCUT2D eigenvalue weighted by molar-refractivity contribution is 5.91. The fourth-order valence-electron chi connectivity index (χ4n) is 3.25. The van der Waals surface area contributed by atoms with Crippen molar-refractivity contribution in [1.82, 2.24) is 4.57 Å². The lowest BCUT2D eigenvalue weighted by atomic mass is 10.2. The van der Waals surface area contributed by atoms with E-state index in [4.69, 9.17) is 14.2 Å². The number of ether oxygens (including phenoxy) is 3. The van der Waals surface area contributed by atoms with Crippen LogP contribution in [0.25, 0.3) is 10.9 Å². The molecule has 0 saturated carbocycles. The van der Waals surface area contributed by atoms with Crippen LogP contribution >= 0.6 is 0 Å². The summed E-state index contributed by atoms with van der Waals surface area (Å²) in [6.07, 6.45) is 3.11. The van der Waals surface area contributed by atoms with Gasteiger partial charge in [-0.25, -0.2) is 9.36 Å². The highest BCUT2D eigenvalue weighted by atomic mass is 16.7. The number of carbonyl (C=O) groups excluding carboxylic acids is 1. The van der Waals surface area contributed by atoms with Gasteiger partial charge in [0.15, 0.2) is 6.29 Å². The molecule has 3 rings (SSSR count). The van der Waals surface area contributed by atoms with E-state index in [9.17, 15) is 9.90 Å². The maximum Gasteiger partial charge on any atom is 0.419 e. The zero-order valence-electron chi connectivity index (χ0n) is 16.4. The van der Waals surface area contributed by atoms with Gasteiger partial charge in [0, 0.05) is 24.1 Å². The second kappa shape index (κ2) is 8.42. The molecule has 0 aliphatic carbocycles. The van der Waals surface area contributed by atoms with Gasteiger partial charge in [-0.2, -0.15) is 0 Å². The Morgan fingerprint density at radius 1 is 1.30 bits per heavy atom. The van der Waals surface area contributed by atoms with Crippen LogP contribution in [0.4, 0.5) is 4.79 Å². The van der Waals surface area contributed by atoms with Crippen LogP contribution < -0.4 is 0 Å². The van der Waals surface area contributed by atoms with Crippen molar-refractivity contribution in [2.75, 3.05) is 13.2 Å². The summed E-state index contributed by atoms with van der Waals surface area (Å²) in [5.74, 6) is 0. The van der Waals surface area contributed by atoms with Gasteiger partial charge in [-0.1, -0.05) is 12.1 Å². The summed E-state index contributed by atoms with van der Waals surface area (Å²) in [6, 6.07) is 7.58. The fourth-order valence-corrected chi connectivity index (χ4v) is 3.25. The first kappa shape index (κ1) is 19.9. The maximum absolute atomic E-state index is 12.8. The summed E-state index contributed by atoms with van der Waals surface area (Å²) < 4.78 is 18.6. The number of nitrogens with zero attached hydrogens (tertiary/aromatic N) is 1. The van der Waals surface area contributed by atoms with Crippen molar-refractivity contribution >= 4 is 17.0 Å². The van der Waals surface area contributed by atoms with Crippen LogP contribution in [-0.4, -0.2) is 40.9 Å². The third-order valence-electron chi connectivity index (χ3n) is 4.50. The van der Waals surface area contributed by atoms with Crippen LogP contribution in [0.2, 0.25) is 0 Å². The van der Waals surface area contributed by atoms with E-state index in [-0.39, 0.29) is 12.9 Å². The lowest BCUT2D eigenvalue weighted by molar-refractivity contribution is -0.161. The molecule has 1 aliphatic rings. The number of carbonyl (C=O) groups is 1. The van der Waals surface area contributed by atoms with Gasteiger partial charge < -0.3 is 19.3 Å². The average Bonchev–Trinajstić information content (AvgIpc) is 2.98. The molecule has 6 nitrogen and oxygen atoms in total. The van der Waals surface area contributed by atoms with Gasteiger partial charge >= 0.3 is 6.09 Å². The summed E-state index contributed by atoms with van der Waals surface area (Å²) in [4.78, 5) is 12.8. The van der Waals surface area contributed by atoms with Crippen LogP contribution in [0.3, 0.4) is 0 Å². The molecule has 0 amide bonds. The Balaban J connectivity index is 1.83. The van der Waals surface area contributed by atoms with Crippen molar-refractivity contribution < 1.29 is 24.1 Å². The van der Waals surface area contributed by atoms with E-state index >= 15 is 0 Å². The summed E-state index contributed by atoms with van der Waals surface area (Å²) in [5.41, 5.74) is 1.72. The Morgan fingerprint density at radius 3 is 2.78 bits per heavy atom. The molecule has 0 spiro atoms. The third-order valence-corrected chi connectivity index (χ3v) is 4.50. The molecular weight excluding hydrogens is 346 g/mol. The molecule has 1 N–H and O–H groups in total. The molecule has 27 heavy (non-hydrogen) atoms. The Bertz CT molecular complexity index is 784. The van der Waals surface area contributed by atoms with Crippen molar-refractivity contribution in [1.29, 1.82) is 0 Å². The predicted molar refractivity (Wildman–Crippen MR) is 103 cm³/mol. The SMILES string of the molecule is CC(C)(C)OC(=O)n1c(CCOC2CCCCO2)cc2ccc(CO)cc21. The molecule has 0 radical (unpaired) electrons. The quantitative estimate of drug-likeness (QED) is 0.855. The number of aromatic nitrogens is 1. The molecule has 1 unspecified atom stereocenters. The zero-order chi connectivity index (χ0) is 19.4. The van der Waals surface area contributed by atoms with Crippen LogP contribution in [0.5, 0.6) is 0 Å². The monoisotopic (exact) mass is 375 g/mol. The zero-order valence-corrected chi connectivity index (χ0v) is 16.4. The number of fused-ring (bicyclic) bond motifs is 1. The van der Waals surface area contributed by atoms with E-state index in [2.05, 4.69) is 0 Å². The standard InChI is InChI=1S/C21H29NO5/c1-21(2,3)27-20(24)22-17(9-11-26-19-6-4-5-10-25-19)13-16-8-7-15(14-23)12-18(16)22/h7-8,12-13,19,23H,4-6,9-11,14H2,1-3H3. The van der Waals surface area contributed by atoms with Gasteiger partial charge in [0.1, 0.15) is 5.60 Å². The van der Waals surface area contributed by atoms with Crippen LogP contribution in [0.1, 0.15) is 51.3 Å². The summed E-state index contributed by atoms with van der Waals surface area (Å²) in [6.45, 7) is 6.67. The Hall–Kier alpha value is -1.89. The Kier molecular flexibility index (Phi) is 6.19.